The van der Waals surface area contributed by atoms with Gasteiger partial charge in [0.1, 0.15) is 5.69 Å². The predicted molar refractivity (Wildman–Crippen MR) is 57.5 cm³/mol. The number of rotatable bonds is 3. The summed E-state index contributed by atoms with van der Waals surface area (Å²) in [6.45, 7) is 3.25. The maximum absolute atomic E-state index is 11.5. The van der Waals surface area contributed by atoms with E-state index in [2.05, 4.69) is 0 Å². The summed E-state index contributed by atoms with van der Waals surface area (Å²) in [5, 5.41) is 10.3. The molecular formula is C10H12N2O4. The van der Waals surface area contributed by atoms with E-state index in [9.17, 15) is 14.9 Å². The standard InChI is InChI=1S/C10H12N2O4/c1-8(2)16-10(13)11(12(14)15)9-6-4-3-5-7-9/h3-8H,1-2H3. The number of amides is 1. The van der Waals surface area contributed by atoms with Crippen molar-refractivity contribution >= 4 is 11.8 Å². The molecule has 1 aromatic rings. The smallest absolute Gasteiger partial charge is 0.443 e. The molecule has 6 nitrogen and oxygen atoms in total. The van der Waals surface area contributed by atoms with Crippen molar-refractivity contribution in [2.75, 3.05) is 5.01 Å². The molecule has 0 atom stereocenters. The minimum absolute atomic E-state index is 0.165. The molecule has 86 valence electrons. The minimum atomic E-state index is -0.994. The summed E-state index contributed by atoms with van der Waals surface area (Å²) in [4.78, 5) is 22.2. The highest BCUT2D eigenvalue weighted by atomic mass is 16.7. The number of nitrogens with zero attached hydrogens (tertiary/aromatic N) is 2. The quantitative estimate of drug-likeness (QED) is 0.583. The Morgan fingerprint density at radius 2 is 1.94 bits per heavy atom. The van der Waals surface area contributed by atoms with E-state index in [0.717, 1.165) is 0 Å². The molecule has 1 rings (SSSR count). The molecule has 0 saturated carbocycles. The molecular weight excluding hydrogens is 212 g/mol. The molecule has 0 aliphatic rings. The van der Waals surface area contributed by atoms with Crippen molar-refractivity contribution in [3.63, 3.8) is 0 Å². The van der Waals surface area contributed by atoms with Crippen molar-refractivity contribution in [3.8, 4) is 0 Å². The number of hydrazine groups is 1. The van der Waals surface area contributed by atoms with Gasteiger partial charge in [0, 0.05) is 5.01 Å². The van der Waals surface area contributed by atoms with E-state index in [4.69, 9.17) is 4.74 Å². The van der Waals surface area contributed by atoms with Crippen LogP contribution in [0, 0.1) is 10.1 Å². The molecule has 1 aromatic carbocycles. The highest BCUT2D eigenvalue weighted by Gasteiger charge is 2.28. The largest absolute Gasteiger partial charge is 0.473 e. The monoisotopic (exact) mass is 224 g/mol. The summed E-state index contributed by atoms with van der Waals surface area (Å²) >= 11 is 0. The first-order chi connectivity index (χ1) is 7.52. The van der Waals surface area contributed by atoms with Gasteiger partial charge in [-0.15, -0.1) is 0 Å². The molecule has 0 saturated heterocycles. The molecule has 0 aliphatic heterocycles. The van der Waals surface area contributed by atoms with Crippen molar-refractivity contribution in [2.24, 2.45) is 0 Å². The first-order valence-corrected chi connectivity index (χ1v) is 4.72. The number of hydrogen-bond donors (Lipinski definition) is 0. The second-order valence-corrected chi connectivity index (χ2v) is 3.32. The Bertz CT molecular complexity index is 378. The van der Waals surface area contributed by atoms with Crippen molar-refractivity contribution in [1.29, 1.82) is 0 Å². The first kappa shape index (κ1) is 12.0. The Labute approximate surface area is 92.5 Å². The molecule has 0 unspecified atom stereocenters. The Kier molecular flexibility index (Phi) is 3.82. The van der Waals surface area contributed by atoms with E-state index >= 15 is 0 Å². The van der Waals surface area contributed by atoms with Crippen LogP contribution in [-0.2, 0) is 4.74 Å². The summed E-state index contributed by atoms with van der Waals surface area (Å²) in [5.74, 6) is 0. The Balaban J connectivity index is 2.92. The third-order valence-corrected chi connectivity index (χ3v) is 1.67. The number of ether oxygens (including phenoxy) is 1. The molecule has 0 heterocycles. The van der Waals surface area contributed by atoms with Crippen LogP contribution < -0.4 is 5.01 Å². The van der Waals surface area contributed by atoms with Crippen LogP contribution in [-0.4, -0.2) is 17.2 Å². The number of nitro groups is 1. The van der Waals surface area contributed by atoms with Crippen LogP contribution in [0.5, 0.6) is 0 Å². The summed E-state index contributed by atoms with van der Waals surface area (Å²) < 4.78 is 4.77. The number of carbonyl (C=O) groups excluding carboxylic acids is 1. The Morgan fingerprint density at radius 1 is 1.38 bits per heavy atom. The number of hydrogen-bond acceptors (Lipinski definition) is 4. The molecule has 1 amide bonds. The summed E-state index contributed by atoms with van der Waals surface area (Å²) in [6, 6.07) is 7.84. The minimum Gasteiger partial charge on any atom is -0.443 e. The maximum Gasteiger partial charge on any atom is 0.473 e. The van der Waals surface area contributed by atoms with Crippen LogP contribution in [0.4, 0.5) is 10.5 Å². The van der Waals surface area contributed by atoms with Gasteiger partial charge in [-0.3, -0.25) is 0 Å². The fourth-order valence-corrected chi connectivity index (χ4v) is 1.09. The third-order valence-electron chi connectivity index (χ3n) is 1.67. The average Bonchev–Trinajstić information content (AvgIpc) is 2.17. The second kappa shape index (κ2) is 5.11. The van der Waals surface area contributed by atoms with Crippen LogP contribution in [0.25, 0.3) is 0 Å². The van der Waals surface area contributed by atoms with Gasteiger partial charge in [0.2, 0.25) is 0 Å². The number of para-hydroxylation sites is 1. The van der Waals surface area contributed by atoms with Crippen LogP contribution in [0.2, 0.25) is 0 Å². The van der Waals surface area contributed by atoms with Gasteiger partial charge in [0.25, 0.3) is 0 Å². The topological polar surface area (TPSA) is 72.7 Å². The predicted octanol–water partition coefficient (Wildman–Crippen LogP) is 2.23. The molecule has 16 heavy (non-hydrogen) atoms. The van der Waals surface area contributed by atoms with Gasteiger partial charge in [-0.05, 0) is 26.0 Å². The fraction of sp³-hybridized carbons (Fsp3) is 0.300. The van der Waals surface area contributed by atoms with Crippen LogP contribution in [0.3, 0.4) is 0 Å². The Hall–Kier alpha value is -2.11. The molecule has 0 fully saturated rings. The molecule has 0 bridgehead atoms. The summed E-state index contributed by atoms with van der Waals surface area (Å²) in [6.07, 6.45) is -1.40. The van der Waals surface area contributed by atoms with E-state index < -0.39 is 17.2 Å². The summed E-state index contributed by atoms with van der Waals surface area (Å²) in [5.41, 5.74) is 0.165. The summed E-state index contributed by atoms with van der Waals surface area (Å²) in [7, 11) is 0. The van der Waals surface area contributed by atoms with Crippen LogP contribution in [0.15, 0.2) is 30.3 Å². The zero-order chi connectivity index (χ0) is 12.1. The Morgan fingerprint density at radius 3 is 2.38 bits per heavy atom. The van der Waals surface area contributed by atoms with Gasteiger partial charge in [0.05, 0.1) is 6.10 Å². The van der Waals surface area contributed by atoms with E-state index in [1.165, 1.54) is 12.1 Å². The lowest BCUT2D eigenvalue weighted by molar-refractivity contribution is -0.484. The lowest BCUT2D eigenvalue weighted by Crippen LogP contribution is -2.37. The maximum atomic E-state index is 11.5. The van der Waals surface area contributed by atoms with Crippen molar-refractivity contribution in [2.45, 2.75) is 20.0 Å². The lowest BCUT2D eigenvalue weighted by Gasteiger charge is -2.13. The van der Waals surface area contributed by atoms with E-state index in [-0.39, 0.29) is 5.69 Å². The van der Waals surface area contributed by atoms with Crippen LogP contribution in [0.1, 0.15) is 13.8 Å². The molecule has 0 N–H and O–H groups in total. The average molecular weight is 224 g/mol. The molecule has 6 heteroatoms. The number of carbonyl (C=O) groups is 1. The zero-order valence-electron chi connectivity index (χ0n) is 8.99. The van der Waals surface area contributed by atoms with Crippen molar-refractivity contribution in [1.82, 2.24) is 0 Å². The first-order valence-electron chi connectivity index (χ1n) is 4.72. The normalized spacial score (nSPS) is 9.94. The van der Waals surface area contributed by atoms with Gasteiger partial charge in [-0.25, -0.2) is 14.9 Å². The highest BCUT2D eigenvalue weighted by molar-refractivity contribution is 5.84. The van der Waals surface area contributed by atoms with E-state index in [0.29, 0.717) is 5.01 Å². The molecule has 0 aromatic heterocycles. The lowest BCUT2D eigenvalue weighted by atomic mass is 10.3. The van der Waals surface area contributed by atoms with E-state index in [1.54, 1.807) is 32.0 Å². The molecule has 0 radical (unpaired) electrons. The van der Waals surface area contributed by atoms with Crippen molar-refractivity contribution in [3.05, 3.63) is 40.4 Å². The third kappa shape index (κ3) is 2.94. The van der Waals surface area contributed by atoms with Gasteiger partial charge in [0.15, 0.2) is 5.03 Å². The van der Waals surface area contributed by atoms with Gasteiger partial charge in [-0.1, -0.05) is 18.2 Å². The number of benzene rings is 1. The second-order valence-electron chi connectivity index (χ2n) is 3.32. The zero-order valence-corrected chi connectivity index (χ0v) is 8.99. The fourth-order valence-electron chi connectivity index (χ4n) is 1.09. The SMILES string of the molecule is CC(C)OC(=O)N(c1ccccc1)[N+](=O)[O-]. The molecule has 0 aliphatic carbocycles. The highest BCUT2D eigenvalue weighted by Crippen LogP contribution is 2.14. The van der Waals surface area contributed by atoms with E-state index in [1.807, 2.05) is 0 Å². The number of anilines is 1. The van der Waals surface area contributed by atoms with Crippen molar-refractivity contribution < 1.29 is 14.6 Å². The van der Waals surface area contributed by atoms with Crippen LogP contribution >= 0.6 is 0 Å². The van der Waals surface area contributed by atoms with Gasteiger partial charge < -0.3 is 4.74 Å². The van der Waals surface area contributed by atoms with Gasteiger partial charge >= 0.3 is 6.09 Å². The van der Waals surface area contributed by atoms with Gasteiger partial charge in [-0.2, -0.15) is 0 Å². The molecule has 0 spiro atoms.